The number of anilines is 1. The molecule has 0 radical (unpaired) electrons. The SMILES string of the molecule is CC(=O)c1c2c(c(-c3ccc4c(c3)OCO4)c3cc(CO)c(CO)cc13)C(=O)OC2.CC(C)(C)OC(=O)N1CC=C(c2c3c(c(-c4ccc5c(c4)OCO5)c4cc(CO)c(CO)cc24)C(=O)OC3)CC1.O=C1OCc2c1c(-c1ccc3c(c1)OCO3)c1cc(CO)c(CO)cc1c2-c1ccco1.O=C1OCc2c1c(-c1ccc3c(c1)OCO3)c1cc(CO)c(CO)cc1c2N1CCOCC1. The summed E-state index contributed by atoms with van der Waals surface area (Å²) in [5, 5.41) is 85.7. The van der Waals surface area contributed by atoms with E-state index in [1.807, 2.05) is 130 Å². The van der Waals surface area contributed by atoms with Gasteiger partial charge in [-0.25, -0.2) is 24.0 Å². The quantitative estimate of drug-likeness (QED) is 0.0253. The fourth-order valence-electron chi connectivity index (χ4n) is 19.6. The standard InChI is InChI=1S/C31H31NO8.C25H23NO7.C25H18O7.C23H18O7/c1-31(2,3)40-30(36)32-8-6-17(7-9-32)26-21-10-19(13-33)20(14-34)11-22(21)27(28-23(26)15-37-29(28)35)18-4-5-24-25(12-18)39-16-38-24;27-10-15-7-17-18(8-16(15)11-28)24(26-3-5-30-6-4-26)19-12-31-25(29)23(19)22(17)14-1-2-20-21(9-14)33-13-32-20;26-9-14-6-16-17(7-15(14)10-27)23(20-2-1-5-29-20)18-11-30-25(28)24(18)22(16)13-3-4-19-21(8-13)32-12-31-19;1-11(26)20-15-4-13(7-24)14(8-25)5-16(15)21(22-17(20)9-28-23(22)27)12-2-3-18-19(6-12)30-10-29-18/h4-6,10-12,33-34H,7-9,13-16H2,1-3H3;1-2,7-9,27-28H,3-6,10-13H2;1-8,26-27H,9-12H2;2-6,24-25H,7-10H2,1H3. The monoisotopic (exact) mass is 1830 g/mol. The first-order valence-corrected chi connectivity index (χ1v) is 43.9. The van der Waals surface area contributed by atoms with Crippen LogP contribution in [-0.2, 0) is 108 Å². The van der Waals surface area contributed by atoms with Crippen molar-refractivity contribution in [2.24, 2.45) is 0 Å². The van der Waals surface area contributed by atoms with Crippen LogP contribution in [0, 0.1) is 0 Å². The lowest BCUT2D eigenvalue weighted by Crippen LogP contribution is -2.39. The van der Waals surface area contributed by atoms with E-state index in [4.69, 9.17) is 70.7 Å². The van der Waals surface area contributed by atoms with E-state index in [-0.39, 0.29) is 124 Å². The van der Waals surface area contributed by atoms with Crippen molar-refractivity contribution in [3.8, 4) is 102 Å². The maximum Gasteiger partial charge on any atom is 0.410 e. The molecule has 1 amide bonds. The van der Waals surface area contributed by atoms with Gasteiger partial charge in [0.05, 0.1) is 100 Å². The van der Waals surface area contributed by atoms with Crippen molar-refractivity contribution < 1.29 is 140 Å². The maximum absolute atomic E-state index is 13.3. The number of amides is 1. The van der Waals surface area contributed by atoms with E-state index in [0.717, 1.165) is 93.6 Å². The van der Waals surface area contributed by atoms with Gasteiger partial charge >= 0.3 is 30.0 Å². The molecule has 11 heterocycles. The minimum absolute atomic E-state index is 0.00673. The van der Waals surface area contributed by atoms with Crippen LogP contribution in [0.4, 0.5) is 10.5 Å². The first-order valence-electron chi connectivity index (χ1n) is 43.9. The average Bonchev–Trinajstić information content (AvgIpc) is 1.66. The smallest absolute Gasteiger partial charge is 0.410 e. The van der Waals surface area contributed by atoms with Gasteiger partial charge < -0.3 is 121 Å². The Morgan fingerprint density at radius 2 is 0.696 bits per heavy atom. The summed E-state index contributed by atoms with van der Waals surface area (Å²) in [6.45, 7) is 9.34. The van der Waals surface area contributed by atoms with Crippen molar-refractivity contribution in [2.45, 2.75) is 119 Å². The van der Waals surface area contributed by atoms with E-state index >= 15 is 0 Å². The lowest BCUT2D eigenvalue weighted by atomic mass is 9.81. The van der Waals surface area contributed by atoms with Crippen molar-refractivity contribution >= 4 is 90.1 Å². The van der Waals surface area contributed by atoms with E-state index in [2.05, 4.69) is 4.90 Å². The van der Waals surface area contributed by atoms with Crippen LogP contribution in [-0.4, -0.2) is 154 Å². The van der Waals surface area contributed by atoms with Crippen LogP contribution in [0.1, 0.15) is 158 Å². The third kappa shape index (κ3) is 15.7. The Hall–Kier alpha value is -14.6. The number of ketones is 1. The van der Waals surface area contributed by atoms with Gasteiger partial charge in [-0.3, -0.25) is 4.79 Å². The molecule has 1 aromatic heterocycles. The summed E-state index contributed by atoms with van der Waals surface area (Å²) in [7, 11) is 0. The Morgan fingerprint density at radius 3 is 1.07 bits per heavy atom. The number of carbonyl (C=O) groups is 6. The second-order valence-corrected chi connectivity index (χ2v) is 34.4. The number of rotatable bonds is 16. The Morgan fingerprint density at radius 1 is 0.363 bits per heavy atom. The molecule has 690 valence electrons. The molecule has 0 saturated carbocycles. The summed E-state index contributed by atoms with van der Waals surface area (Å²) in [6, 6.07) is 40.3. The zero-order valence-electron chi connectivity index (χ0n) is 73.7. The van der Waals surface area contributed by atoms with Crippen LogP contribution in [0.2, 0.25) is 0 Å². The number of morpholine rings is 1. The van der Waals surface area contributed by atoms with Gasteiger partial charge in [0.25, 0.3) is 0 Å². The predicted molar refractivity (Wildman–Crippen MR) is 487 cm³/mol. The number of aliphatic hydroxyl groups excluding tert-OH is 8. The Labute approximate surface area is 769 Å². The first kappa shape index (κ1) is 88.3. The normalized spacial score (nSPS) is 15.4. The zero-order valence-corrected chi connectivity index (χ0v) is 73.7. The number of ether oxygens (including phenoxy) is 14. The number of carbonyl (C=O) groups excluding carboxylic acids is 6. The molecule has 12 aromatic carbocycles. The van der Waals surface area contributed by atoms with E-state index in [9.17, 15) is 69.6 Å². The van der Waals surface area contributed by atoms with Crippen molar-refractivity contribution in [3.63, 3.8) is 0 Å². The number of hydrogen-bond donors (Lipinski definition) is 8. The predicted octanol–water partition coefficient (Wildman–Crippen LogP) is 14.9. The van der Waals surface area contributed by atoms with Gasteiger partial charge in [-0.15, -0.1) is 0 Å². The summed E-state index contributed by atoms with van der Waals surface area (Å²) in [4.78, 5) is 81.1. The Kier molecular flexibility index (Phi) is 23.6. The number of Topliss-reactive ketones (excluding diaryl/α,β-unsaturated/α-hetero) is 1. The lowest BCUT2D eigenvalue weighted by Gasteiger charge is -2.32. The van der Waals surface area contributed by atoms with E-state index in [1.54, 1.807) is 41.5 Å². The molecule has 10 aliphatic heterocycles. The fourth-order valence-corrected chi connectivity index (χ4v) is 19.6. The average molecular weight is 1830 g/mol. The van der Waals surface area contributed by atoms with E-state index in [1.165, 1.54) is 6.92 Å². The molecule has 0 unspecified atom stereocenters. The van der Waals surface area contributed by atoms with E-state index in [0.29, 0.717) is 208 Å². The minimum atomic E-state index is -0.592. The number of furan rings is 1. The number of fused-ring (bicyclic) bond motifs is 12. The van der Waals surface area contributed by atoms with Crippen LogP contribution in [0.25, 0.3) is 104 Å². The summed E-state index contributed by atoms with van der Waals surface area (Å²) in [6.07, 6.45) is 3.75. The molecule has 13 aromatic rings. The second-order valence-electron chi connectivity index (χ2n) is 34.4. The molecule has 23 rings (SSSR count). The van der Waals surface area contributed by atoms with Gasteiger partial charge in [0.15, 0.2) is 51.8 Å². The van der Waals surface area contributed by atoms with Gasteiger partial charge in [-0.1, -0.05) is 30.3 Å². The minimum Gasteiger partial charge on any atom is -0.464 e. The van der Waals surface area contributed by atoms with Crippen LogP contribution in [0.3, 0.4) is 0 Å². The number of aliphatic hydroxyl groups is 8. The van der Waals surface area contributed by atoms with E-state index < -0.39 is 23.5 Å². The molecule has 135 heavy (non-hydrogen) atoms. The Bertz CT molecular complexity index is 7180. The molecule has 31 nitrogen and oxygen atoms in total. The van der Waals surface area contributed by atoms with Crippen LogP contribution >= 0.6 is 0 Å². The number of nitrogens with zero attached hydrogens (tertiary/aromatic N) is 2. The van der Waals surface area contributed by atoms with Crippen LogP contribution in [0.15, 0.2) is 150 Å². The van der Waals surface area contributed by atoms with Crippen molar-refractivity contribution in [2.75, 3.05) is 71.5 Å². The topological polar surface area (TPSA) is 413 Å². The molecule has 0 aliphatic carbocycles. The summed E-state index contributed by atoms with van der Waals surface area (Å²) >= 11 is 0. The maximum atomic E-state index is 13.3. The summed E-state index contributed by atoms with van der Waals surface area (Å²) in [5.74, 6) is 3.59. The Balaban J connectivity index is 0.000000112. The molecule has 1 fully saturated rings. The molecule has 0 bridgehead atoms. The third-order valence-corrected chi connectivity index (χ3v) is 25.7. The largest absolute Gasteiger partial charge is 0.464 e. The van der Waals surface area contributed by atoms with Gasteiger partial charge in [0.2, 0.25) is 27.2 Å². The number of esters is 4. The molecular formula is C104H90N2O29. The van der Waals surface area contributed by atoms with Gasteiger partial charge in [0.1, 0.15) is 37.8 Å². The third-order valence-electron chi connectivity index (χ3n) is 25.7. The highest BCUT2D eigenvalue weighted by Crippen LogP contribution is 2.54. The van der Waals surface area contributed by atoms with Crippen molar-refractivity contribution in [3.05, 3.63) is 246 Å². The lowest BCUT2D eigenvalue weighted by molar-refractivity contribution is 0.0269. The first-order chi connectivity index (χ1) is 65.6. The van der Waals surface area contributed by atoms with Gasteiger partial charge in [0, 0.05) is 87.2 Å². The highest BCUT2D eigenvalue weighted by atomic mass is 16.7. The van der Waals surface area contributed by atoms with Gasteiger partial charge in [-0.05, 0) is 259 Å². The number of hydrogen-bond acceptors (Lipinski definition) is 30. The molecule has 10 aliphatic rings. The fraction of sp³-hybridized carbons (Fsp3) is 0.269. The molecular weight excluding hydrogens is 1740 g/mol. The number of cyclic esters (lactones) is 4. The highest BCUT2D eigenvalue weighted by molar-refractivity contribution is 6.21. The second kappa shape index (κ2) is 36.1. The zero-order chi connectivity index (χ0) is 93.5. The molecule has 0 spiro atoms. The molecule has 1 saturated heterocycles. The summed E-state index contributed by atoms with van der Waals surface area (Å²) in [5.41, 5.74) is 18.4. The van der Waals surface area contributed by atoms with Crippen LogP contribution in [0.5, 0.6) is 46.0 Å². The van der Waals surface area contributed by atoms with Crippen molar-refractivity contribution in [1.29, 1.82) is 0 Å². The van der Waals surface area contributed by atoms with Crippen LogP contribution < -0.4 is 42.8 Å². The number of benzene rings is 12. The molecule has 0 atom stereocenters. The van der Waals surface area contributed by atoms with Crippen molar-refractivity contribution in [1.82, 2.24) is 4.90 Å². The molecule has 8 N–H and O–H groups in total. The summed E-state index contributed by atoms with van der Waals surface area (Å²) < 4.78 is 82.8. The highest BCUT2D eigenvalue weighted by Gasteiger charge is 2.41. The van der Waals surface area contributed by atoms with Gasteiger partial charge in [-0.2, -0.15) is 0 Å². The molecule has 31 heteroatoms.